The summed E-state index contributed by atoms with van der Waals surface area (Å²) in [5.41, 5.74) is 2.32. The predicted octanol–water partition coefficient (Wildman–Crippen LogP) is 6.73. The Labute approximate surface area is 197 Å². The first kappa shape index (κ1) is 22.5. The summed E-state index contributed by atoms with van der Waals surface area (Å²) in [6.45, 7) is 0. The highest BCUT2D eigenvalue weighted by Gasteiger charge is 2.35. The Balaban J connectivity index is 1.66. The zero-order valence-electron chi connectivity index (χ0n) is 17.0. The number of sulfone groups is 1. The molecule has 3 aromatic carbocycles. The van der Waals surface area contributed by atoms with Crippen LogP contribution < -0.4 is 0 Å². The van der Waals surface area contributed by atoms with Gasteiger partial charge in [-0.3, -0.25) is 4.79 Å². The number of hydrogen-bond donors (Lipinski definition) is 0. The van der Waals surface area contributed by atoms with E-state index in [9.17, 15) is 13.2 Å². The maximum absolute atomic E-state index is 13.4. The minimum atomic E-state index is -3.77. The first-order chi connectivity index (χ1) is 15.4. The summed E-state index contributed by atoms with van der Waals surface area (Å²) in [7, 11) is -3.77. The van der Waals surface area contributed by atoms with Crippen molar-refractivity contribution in [2.75, 3.05) is 0 Å². The van der Waals surface area contributed by atoms with Gasteiger partial charge in [0.25, 0.3) is 0 Å². The van der Waals surface area contributed by atoms with E-state index in [1.165, 1.54) is 30.3 Å². The summed E-state index contributed by atoms with van der Waals surface area (Å²) >= 11 is 12.1. The summed E-state index contributed by atoms with van der Waals surface area (Å²) < 4.78 is 26.7. The molecule has 0 bridgehead atoms. The molecule has 2 unspecified atom stereocenters. The molecule has 4 rings (SSSR count). The average molecular weight is 483 g/mol. The molecule has 32 heavy (non-hydrogen) atoms. The summed E-state index contributed by atoms with van der Waals surface area (Å²) in [4.78, 5) is 13.5. The van der Waals surface area contributed by atoms with Crippen molar-refractivity contribution in [2.45, 2.75) is 16.6 Å². The van der Waals surface area contributed by atoms with Gasteiger partial charge in [-0.1, -0.05) is 83.9 Å². The fourth-order valence-corrected chi connectivity index (χ4v) is 6.08. The Morgan fingerprint density at radius 1 is 0.844 bits per heavy atom. The van der Waals surface area contributed by atoms with Crippen LogP contribution in [-0.4, -0.2) is 19.5 Å². The van der Waals surface area contributed by atoms with Crippen LogP contribution in [0.5, 0.6) is 0 Å². The molecule has 1 aliphatic rings. The number of ketones is 1. The molecule has 162 valence electrons. The molecule has 2 atom stereocenters. The van der Waals surface area contributed by atoms with Crippen molar-refractivity contribution in [3.8, 4) is 11.1 Å². The maximum atomic E-state index is 13.4. The minimum Gasteiger partial charge on any atom is -0.294 e. The van der Waals surface area contributed by atoms with E-state index in [0.29, 0.717) is 15.6 Å². The molecule has 3 aromatic rings. The summed E-state index contributed by atoms with van der Waals surface area (Å²) in [6, 6.07) is 23.1. The number of hydrogen-bond acceptors (Lipinski definition) is 3. The van der Waals surface area contributed by atoms with Crippen molar-refractivity contribution in [3.05, 3.63) is 113 Å². The second kappa shape index (κ2) is 9.45. The Hall–Kier alpha value is -2.66. The third-order valence-electron chi connectivity index (χ3n) is 5.48. The van der Waals surface area contributed by atoms with E-state index in [4.69, 9.17) is 23.2 Å². The molecular weight excluding hydrogens is 463 g/mol. The van der Waals surface area contributed by atoms with Crippen LogP contribution in [0.25, 0.3) is 11.1 Å². The molecule has 0 spiro atoms. The molecular formula is C26H20Cl2O3S. The molecule has 6 heteroatoms. The van der Waals surface area contributed by atoms with Crippen molar-refractivity contribution in [3.63, 3.8) is 0 Å². The average Bonchev–Trinajstić information content (AvgIpc) is 2.81. The van der Waals surface area contributed by atoms with Crippen LogP contribution >= 0.6 is 23.2 Å². The number of halogens is 2. The van der Waals surface area contributed by atoms with Crippen LogP contribution in [-0.2, 0) is 9.84 Å². The molecule has 0 heterocycles. The Morgan fingerprint density at radius 3 is 2.22 bits per heavy atom. The van der Waals surface area contributed by atoms with Gasteiger partial charge in [0.15, 0.2) is 15.6 Å². The highest BCUT2D eigenvalue weighted by molar-refractivity contribution is 7.92. The summed E-state index contributed by atoms with van der Waals surface area (Å²) in [5.74, 6) is -0.670. The number of carbonyl (C=O) groups is 1. The summed E-state index contributed by atoms with van der Waals surface area (Å²) in [6.07, 6.45) is 4.91. The first-order valence-electron chi connectivity index (χ1n) is 10.1. The van der Waals surface area contributed by atoms with Crippen LogP contribution in [0.15, 0.2) is 107 Å². The van der Waals surface area contributed by atoms with Gasteiger partial charge in [0.05, 0.1) is 10.1 Å². The number of benzene rings is 3. The van der Waals surface area contributed by atoms with Crippen molar-refractivity contribution in [1.29, 1.82) is 0 Å². The second-order valence-electron chi connectivity index (χ2n) is 7.58. The molecule has 0 amide bonds. The molecule has 1 aliphatic carbocycles. The molecule has 0 saturated heterocycles. The zero-order valence-corrected chi connectivity index (χ0v) is 19.3. The van der Waals surface area contributed by atoms with Gasteiger partial charge in [0, 0.05) is 28.0 Å². The number of Topliss-reactive ketones (excluding diaryl/α,β-unsaturated/α-hetero) is 1. The van der Waals surface area contributed by atoms with E-state index in [-0.39, 0.29) is 17.1 Å². The molecule has 0 aromatic heterocycles. The van der Waals surface area contributed by atoms with Gasteiger partial charge >= 0.3 is 0 Å². The van der Waals surface area contributed by atoms with Gasteiger partial charge in [0.2, 0.25) is 0 Å². The fourth-order valence-electron chi connectivity index (χ4n) is 3.87. The van der Waals surface area contributed by atoms with E-state index >= 15 is 0 Å². The minimum absolute atomic E-state index is 0.0402. The SMILES string of the molecule is O=C(CC1C=CC(Cl)=CC1S(=O)(=O)c1ccc(Cl)cc1)c1ccccc1-c1ccccc1. The highest BCUT2D eigenvalue weighted by Crippen LogP contribution is 2.34. The fraction of sp³-hybridized carbons (Fsp3) is 0.115. The van der Waals surface area contributed by atoms with Gasteiger partial charge in [0.1, 0.15) is 0 Å². The van der Waals surface area contributed by atoms with Crippen molar-refractivity contribution < 1.29 is 13.2 Å². The second-order valence-corrected chi connectivity index (χ2v) is 10.6. The largest absolute Gasteiger partial charge is 0.294 e. The van der Waals surface area contributed by atoms with E-state index in [1.807, 2.05) is 48.5 Å². The summed E-state index contributed by atoms with van der Waals surface area (Å²) in [5, 5.41) is -0.166. The van der Waals surface area contributed by atoms with Crippen molar-refractivity contribution in [2.24, 2.45) is 5.92 Å². The number of carbonyl (C=O) groups excluding carboxylic acids is 1. The van der Waals surface area contributed by atoms with E-state index in [2.05, 4.69) is 0 Å². The first-order valence-corrected chi connectivity index (χ1v) is 12.4. The normalized spacial score (nSPS) is 18.2. The molecule has 3 nitrogen and oxygen atoms in total. The Kier molecular flexibility index (Phi) is 6.66. The van der Waals surface area contributed by atoms with Gasteiger partial charge in [-0.25, -0.2) is 8.42 Å². The van der Waals surface area contributed by atoms with Crippen molar-refractivity contribution >= 4 is 38.8 Å². The Morgan fingerprint density at radius 2 is 1.50 bits per heavy atom. The maximum Gasteiger partial charge on any atom is 0.185 e. The van der Waals surface area contributed by atoms with E-state index < -0.39 is 21.0 Å². The molecule has 0 fully saturated rings. The lowest BCUT2D eigenvalue weighted by molar-refractivity contribution is 0.0970. The lowest BCUT2D eigenvalue weighted by atomic mass is 9.89. The third kappa shape index (κ3) is 4.73. The van der Waals surface area contributed by atoms with Crippen molar-refractivity contribution in [1.82, 2.24) is 0 Å². The van der Waals surface area contributed by atoms with Crippen LogP contribution in [0.3, 0.4) is 0 Å². The van der Waals surface area contributed by atoms with E-state index in [1.54, 1.807) is 18.2 Å². The molecule has 0 aliphatic heterocycles. The van der Waals surface area contributed by atoms with Crippen LogP contribution in [0.2, 0.25) is 5.02 Å². The van der Waals surface area contributed by atoms with Crippen LogP contribution in [0.1, 0.15) is 16.8 Å². The Bertz CT molecular complexity index is 1290. The standard InChI is InChI=1S/C26H20Cl2O3S/c27-20-12-14-22(15-13-20)32(30,31)26-17-21(28)11-10-19(26)16-25(29)24-9-5-4-8-23(24)18-6-2-1-3-7-18/h1-15,17,19,26H,16H2. The predicted molar refractivity (Wildman–Crippen MR) is 130 cm³/mol. The third-order valence-corrected chi connectivity index (χ3v) is 8.12. The lowest BCUT2D eigenvalue weighted by Crippen LogP contribution is -2.30. The quantitative estimate of drug-likeness (QED) is 0.365. The molecule has 0 radical (unpaired) electrons. The van der Waals surface area contributed by atoms with Gasteiger partial charge in [-0.2, -0.15) is 0 Å². The molecule has 0 N–H and O–H groups in total. The van der Waals surface area contributed by atoms with Crippen LogP contribution in [0.4, 0.5) is 0 Å². The molecule has 0 saturated carbocycles. The van der Waals surface area contributed by atoms with Gasteiger partial charge < -0.3 is 0 Å². The topological polar surface area (TPSA) is 51.2 Å². The number of rotatable bonds is 6. The lowest BCUT2D eigenvalue weighted by Gasteiger charge is -2.25. The van der Waals surface area contributed by atoms with Crippen LogP contribution in [0, 0.1) is 5.92 Å². The number of allylic oxidation sites excluding steroid dienone is 3. The van der Waals surface area contributed by atoms with Gasteiger partial charge in [-0.05, 0) is 47.5 Å². The zero-order chi connectivity index (χ0) is 22.7. The van der Waals surface area contributed by atoms with E-state index in [0.717, 1.165) is 11.1 Å². The highest BCUT2D eigenvalue weighted by atomic mass is 35.5. The van der Waals surface area contributed by atoms with Gasteiger partial charge in [-0.15, -0.1) is 0 Å². The monoisotopic (exact) mass is 482 g/mol. The smallest absolute Gasteiger partial charge is 0.185 e.